The average Bonchev–Trinajstić information content (AvgIpc) is 3.14. The fourth-order valence-corrected chi connectivity index (χ4v) is 4.00. The summed E-state index contributed by atoms with van der Waals surface area (Å²) in [6, 6.07) is 10.3. The van der Waals surface area contributed by atoms with Crippen LogP contribution in [-0.2, 0) is 20.5 Å². The molecule has 0 bridgehead atoms. The van der Waals surface area contributed by atoms with Crippen molar-refractivity contribution in [3.05, 3.63) is 53.6 Å². The Balaban J connectivity index is 1.54. The third-order valence-corrected chi connectivity index (χ3v) is 5.85. The molecule has 132 valence electrons. The molecule has 1 aromatic heterocycles. The average molecular weight is 339 g/mol. The van der Waals surface area contributed by atoms with E-state index in [1.165, 1.54) is 5.56 Å². The number of ether oxygens (including phenoxy) is 1. The minimum atomic E-state index is -0.441. The molecule has 25 heavy (non-hydrogen) atoms. The highest BCUT2D eigenvalue weighted by atomic mass is 16.5. The summed E-state index contributed by atoms with van der Waals surface area (Å²) >= 11 is 0. The number of rotatable bonds is 4. The Kier molecular flexibility index (Phi) is 3.91. The molecule has 5 heteroatoms. The molecule has 1 saturated heterocycles. The number of benzene rings is 1. The number of hydrogen-bond acceptors (Lipinski definition) is 3. The van der Waals surface area contributed by atoms with Gasteiger partial charge in [0, 0.05) is 49.3 Å². The molecule has 0 radical (unpaired) electrons. The van der Waals surface area contributed by atoms with Gasteiger partial charge in [-0.1, -0.05) is 37.3 Å². The van der Waals surface area contributed by atoms with Crippen molar-refractivity contribution in [3.63, 3.8) is 0 Å². The lowest BCUT2D eigenvalue weighted by molar-refractivity contribution is -0.126. The number of amides is 1. The fourth-order valence-electron chi connectivity index (χ4n) is 4.00. The van der Waals surface area contributed by atoms with Crippen molar-refractivity contribution in [2.24, 2.45) is 5.92 Å². The SMILES string of the molecule is Cc1cnc(C2(NC(=O)[C@@H]3C[C@]3(C)c3ccccc3)CCOCC2)[nH]1. The van der Waals surface area contributed by atoms with Crippen molar-refractivity contribution in [2.75, 3.05) is 13.2 Å². The van der Waals surface area contributed by atoms with E-state index in [1.54, 1.807) is 0 Å². The number of imidazole rings is 1. The summed E-state index contributed by atoms with van der Waals surface area (Å²) in [4.78, 5) is 20.9. The third-order valence-electron chi connectivity index (χ3n) is 5.85. The minimum Gasteiger partial charge on any atom is -0.381 e. The van der Waals surface area contributed by atoms with Crippen LogP contribution in [-0.4, -0.2) is 29.1 Å². The third kappa shape index (κ3) is 2.86. The van der Waals surface area contributed by atoms with Gasteiger partial charge in [-0.2, -0.15) is 0 Å². The molecule has 2 heterocycles. The van der Waals surface area contributed by atoms with Gasteiger partial charge in [-0.05, 0) is 18.9 Å². The first-order valence-electron chi connectivity index (χ1n) is 9.01. The van der Waals surface area contributed by atoms with Crippen molar-refractivity contribution >= 4 is 5.91 Å². The van der Waals surface area contributed by atoms with Gasteiger partial charge in [0.1, 0.15) is 11.4 Å². The zero-order chi connectivity index (χ0) is 17.5. The second-order valence-corrected chi connectivity index (χ2v) is 7.64. The first-order valence-corrected chi connectivity index (χ1v) is 9.01. The van der Waals surface area contributed by atoms with Gasteiger partial charge in [0.05, 0.1) is 0 Å². The molecule has 0 spiro atoms. The molecule has 2 aliphatic rings. The largest absolute Gasteiger partial charge is 0.381 e. The van der Waals surface area contributed by atoms with Crippen molar-refractivity contribution in [1.29, 1.82) is 0 Å². The first kappa shape index (κ1) is 16.3. The molecule has 5 nitrogen and oxygen atoms in total. The van der Waals surface area contributed by atoms with Crippen LogP contribution >= 0.6 is 0 Å². The van der Waals surface area contributed by atoms with E-state index in [2.05, 4.69) is 34.3 Å². The Morgan fingerprint density at radius 3 is 2.64 bits per heavy atom. The summed E-state index contributed by atoms with van der Waals surface area (Å²) in [7, 11) is 0. The maximum Gasteiger partial charge on any atom is 0.224 e. The molecule has 2 fully saturated rings. The van der Waals surface area contributed by atoms with Crippen LogP contribution < -0.4 is 5.32 Å². The van der Waals surface area contributed by atoms with Crippen LogP contribution in [0.1, 0.15) is 43.3 Å². The Morgan fingerprint density at radius 2 is 2.00 bits per heavy atom. The zero-order valence-electron chi connectivity index (χ0n) is 14.8. The molecule has 0 unspecified atom stereocenters. The van der Waals surface area contributed by atoms with Gasteiger partial charge >= 0.3 is 0 Å². The minimum absolute atomic E-state index is 0.0191. The summed E-state index contributed by atoms with van der Waals surface area (Å²) in [6.07, 6.45) is 4.22. The highest BCUT2D eigenvalue weighted by molar-refractivity contribution is 5.85. The van der Waals surface area contributed by atoms with Crippen LogP contribution in [0.15, 0.2) is 36.5 Å². The van der Waals surface area contributed by atoms with E-state index >= 15 is 0 Å². The van der Waals surface area contributed by atoms with E-state index in [0.29, 0.717) is 13.2 Å². The number of aromatic nitrogens is 2. The Hall–Kier alpha value is -2.14. The monoisotopic (exact) mass is 339 g/mol. The molecule has 1 aromatic carbocycles. The Labute approximate surface area is 148 Å². The van der Waals surface area contributed by atoms with Crippen LogP contribution in [0, 0.1) is 12.8 Å². The van der Waals surface area contributed by atoms with Crippen LogP contribution in [0.5, 0.6) is 0 Å². The Morgan fingerprint density at radius 1 is 1.28 bits per heavy atom. The summed E-state index contributed by atoms with van der Waals surface area (Å²) in [6.45, 7) is 5.44. The number of H-pyrrole nitrogens is 1. The lowest BCUT2D eigenvalue weighted by atomic mass is 9.88. The van der Waals surface area contributed by atoms with E-state index in [-0.39, 0.29) is 17.2 Å². The highest BCUT2D eigenvalue weighted by Crippen LogP contribution is 2.54. The number of nitrogens with zero attached hydrogens (tertiary/aromatic N) is 1. The van der Waals surface area contributed by atoms with Gasteiger partial charge in [0.2, 0.25) is 5.91 Å². The second kappa shape index (κ2) is 5.99. The predicted octanol–water partition coefficient (Wildman–Crippen LogP) is 2.82. The highest BCUT2D eigenvalue weighted by Gasteiger charge is 2.56. The molecule has 2 aromatic rings. The van der Waals surface area contributed by atoms with Crippen molar-refractivity contribution in [2.45, 2.75) is 44.1 Å². The molecule has 1 amide bonds. The van der Waals surface area contributed by atoms with Crippen molar-refractivity contribution in [3.8, 4) is 0 Å². The summed E-state index contributed by atoms with van der Waals surface area (Å²) < 4.78 is 5.53. The van der Waals surface area contributed by atoms with Gasteiger partial charge < -0.3 is 15.0 Å². The van der Waals surface area contributed by atoms with Crippen LogP contribution in [0.25, 0.3) is 0 Å². The van der Waals surface area contributed by atoms with E-state index in [4.69, 9.17) is 4.74 Å². The lowest BCUT2D eigenvalue weighted by Crippen LogP contribution is -2.51. The Bertz CT molecular complexity index is 764. The van der Waals surface area contributed by atoms with E-state index < -0.39 is 5.54 Å². The van der Waals surface area contributed by atoms with E-state index in [0.717, 1.165) is 30.8 Å². The van der Waals surface area contributed by atoms with Gasteiger partial charge in [0.25, 0.3) is 0 Å². The maximum absolute atomic E-state index is 13.1. The molecule has 1 saturated carbocycles. The summed E-state index contributed by atoms with van der Waals surface area (Å²) in [5, 5.41) is 3.34. The molecular formula is C20H25N3O2. The lowest BCUT2D eigenvalue weighted by Gasteiger charge is -2.36. The standard InChI is InChI=1S/C20H25N3O2/c1-14-13-21-18(22-14)20(8-10-25-11-9-20)23-17(24)16-12-19(16,2)15-6-4-3-5-7-15/h3-7,13,16H,8-12H2,1-2H3,(H,21,22)(H,23,24)/t16-,19+/m0/s1. The smallest absolute Gasteiger partial charge is 0.224 e. The molecule has 4 rings (SSSR count). The summed E-state index contributed by atoms with van der Waals surface area (Å²) in [5.41, 5.74) is 1.75. The van der Waals surface area contributed by atoms with Crippen LogP contribution in [0.2, 0.25) is 0 Å². The van der Waals surface area contributed by atoms with Gasteiger partial charge in [0.15, 0.2) is 0 Å². The molecule has 1 aliphatic carbocycles. The quantitative estimate of drug-likeness (QED) is 0.900. The second-order valence-electron chi connectivity index (χ2n) is 7.64. The molecular weight excluding hydrogens is 314 g/mol. The number of nitrogens with one attached hydrogen (secondary N) is 2. The van der Waals surface area contributed by atoms with Crippen LogP contribution in [0.3, 0.4) is 0 Å². The van der Waals surface area contributed by atoms with Crippen molar-refractivity contribution in [1.82, 2.24) is 15.3 Å². The predicted molar refractivity (Wildman–Crippen MR) is 95.1 cm³/mol. The number of hydrogen-bond donors (Lipinski definition) is 2. The topological polar surface area (TPSA) is 67.0 Å². The van der Waals surface area contributed by atoms with E-state index in [9.17, 15) is 4.79 Å². The number of carbonyl (C=O) groups is 1. The normalized spacial score (nSPS) is 27.7. The number of aromatic amines is 1. The zero-order valence-corrected chi connectivity index (χ0v) is 14.8. The summed E-state index contributed by atoms with van der Waals surface area (Å²) in [5.74, 6) is 0.997. The van der Waals surface area contributed by atoms with Crippen LogP contribution in [0.4, 0.5) is 0 Å². The fraction of sp³-hybridized carbons (Fsp3) is 0.500. The first-order chi connectivity index (χ1) is 12.0. The molecule has 2 N–H and O–H groups in total. The van der Waals surface area contributed by atoms with Gasteiger partial charge in [-0.15, -0.1) is 0 Å². The molecule has 1 aliphatic heterocycles. The number of carbonyl (C=O) groups excluding carboxylic acids is 1. The van der Waals surface area contributed by atoms with Gasteiger partial charge in [-0.3, -0.25) is 4.79 Å². The van der Waals surface area contributed by atoms with Gasteiger partial charge in [-0.25, -0.2) is 4.98 Å². The maximum atomic E-state index is 13.1. The number of aryl methyl sites for hydroxylation is 1. The van der Waals surface area contributed by atoms with Crippen molar-refractivity contribution < 1.29 is 9.53 Å². The molecule has 2 atom stereocenters. The van der Waals surface area contributed by atoms with E-state index in [1.807, 2.05) is 31.3 Å².